The molecule has 0 unspecified atom stereocenters. The molecule has 0 aliphatic rings. The zero-order chi connectivity index (χ0) is 16.6. The van der Waals surface area contributed by atoms with Gasteiger partial charge in [0.1, 0.15) is 0 Å². The number of hydrogen-bond donors (Lipinski definition) is 1. The summed E-state index contributed by atoms with van der Waals surface area (Å²) in [5.41, 5.74) is 0.629. The SMILES string of the molecule is CCOC(=O)[At]c1ccc(CCNC(=O)OC(C)(C)C)cc1. The Bertz CT molecular complexity index is 494. The van der Waals surface area contributed by atoms with Crippen LogP contribution >= 0.6 is 0 Å². The standard InChI is InChI=1S/C16H23AtNO4/c1-5-21-14(19)17-13-8-6-12(7-9-13)10-11-18-15(20)22-16(2,3)4/h6-9H,5,10-11H2,1-4H3,(H,18,20). The summed E-state index contributed by atoms with van der Waals surface area (Å²) in [6.45, 7) is 8.27. The van der Waals surface area contributed by atoms with E-state index in [2.05, 4.69) is 5.32 Å². The number of hydrogen-bond acceptors (Lipinski definition) is 4. The zero-order valence-corrected chi connectivity index (χ0v) is 16.4. The van der Waals surface area contributed by atoms with Crippen LogP contribution in [0.3, 0.4) is 0 Å². The molecule has 0 atom stereocenters. The molecule has 0 aliphatic heterocycles. The van der Waals surface area contributed by atoms with Crippen molar-refractivity contribution in [2.45, 2.75) is 39.7 Å². The first-order chi connectivity index (χ1) is 10.3. The maximum absolute atomic E-state index is 11.5. The van der Waals surface area contributed by atoms with Gasteiger partial charge in [-0.1, -0.05) is 0 Å². The molecule has 1 rings (SSSR count). The van der Waals surface area contributed by atoms with E-state index in [-0.39, 0.29) is 3.68 Å². The van der Waals surface area contributed by atoms with E-state index in [1.807, 2.05) is 52.0 Å². The molecule has 0 saturated heterocycles. The average Bonchev–Trinajstić information content (AvgIpc) is 2.39. The Balaban J connectivity index is 2.35. The Morgan fingerprint density at radius 3 is 2.36 bits per heavy atom. The van der Waals surface area contributed by atoms with Crippen molar-refractivity contribution in [1.82, 2.24) is 5.32 Å². The Morgan fingerprint density at radius 1 is 1.18 bits per heavy atom. The number of carbonyl (C=O) groups excluding carboxylic acids is 2. The predicted octanol–water partition coefficient (Wildman–Crippen LogP) is 2.62. The third-order valence-corrected chi connectivity index (χ3v) is 5.29. The first kappa shape index (κ1) is 18.9. The van der Waals surface area contributed by atoms with Crippen LogP contribution in [0.15, 0.2) is 24.3 Å². The van der Waals surface area contributed by atoms with Crippen LogP contribution in [0.5, 0.6) is 0 Å². The third-order valence-electron chi connectivity index (χ3n) is 2.44. The molecule has 5 nitrogen and oxygen atoms in total. The quantitative estimate of drug-likeness (QED) is 0.649. The number of alkyl carbamates (subject to hydrolysis) is 1. The molecule has 123 valence electrons. The minimum atomic E-state index is -1.15. The summed E-state index contributed by atoms with van der Waals surface area (Å²) in [5.74, 6) is 0. The van der Waals surface area contributed by atoms with E-state index in [0.717, 1.165) is 15.3 Å². The van der Waals surface area contributed by atoms with Gasteiger partial charge in [0.15, 0.2) is 0 Å². The van der Waals surface area contributed by atoms with E-state index >= 15 is 0 Å². The first-order valence-electron chi connectivity index (χ1n) is 7.17. The monoisotopic (exact) mass is 503 g/mol. The van der Waals surface area contributed by atoms with Crippen LogP contribution in [0.2, 0.25) is 0 Å². The molecule has 1 aromatic carbocycles. The van der Waals surface area contributed by atoms with Gasteiger partial charge >= 0.3 is 143 Å². The molecule has 1 aromatic rings. The summed E-state index contributed by atoms with van der Waals surface area (Å²) in [6, 6.07) is 7.92. The van der Waals surface area contributed by atoms with Gasteiger partial charge in [0.25, 0.3) is 0 Å². The van der Waals surface area contributed by atoms with E-state index < -0.39 is 34.9 Å². The van der Waals surface area contributed by atoms with Crippen LogP contribution in [-0.2, 0) is 15.9 Å². The van der Waals surface area contributed by atoms with Crippen LogP contribution in [0.25, 0.3) is 0 Å². The van der Waals surface area contributed by atoms with Crippen molar-refractivity contribution in [3.8, 4) is 0 Å². The van der Waals surface area contributed by atoms with E-state index in [1.165, 1.54) is 0 Å². The predicted molar refractivity (Wildman–Crippen MR) is 81.0 cm³/mol. The Hall–Kier alpha value is -1.16. The number of ether oxygens (including phenoxy) is 2. The van der Waals surface area contributed by atoms with E-state index in [4.69, 9.17) is 9.47 Å². The Morgan fingerprint density at radius 2 is 1.82 bits per heavy atom. The minimum absolute atomic E-state index is 0.0677. The molecular formula is C16H23AtNO4. The van der Waals surface area contributed by atoms with Crippen molar-refractivity contribution in [2.24, 2.45) is 0 Å². The summed E-state index contributed by atoms with van der Waals surface area (Å²) in [4.78, 5) is 22.9. The average molecular weight is 503 g/mol. The molecule has 0 fully saturated rings. The van der Waals surface area contributed by atoms with E-state index in [0.29, 0.717) is 13.2 Å². The maximum atomic E-state index is 11.5. The summed E-state index contributed by atoms with van der Waals surface area (Å²) in [5, 5.41) is 2.73. The van der Waals surface area contributed by atoms with Crippen molar-refractivity contribution in [3.63, 3.8) is 0 Å². The van der Waals surface area contributed by atoms with Gasteiger partial charge in [-0.15, -0.1) is 0 Å². The van der Waals surface area contributed by atoms with Crippen LogP contribution in [0, 0.1) is 23.2 Å². The van der Waals surface area contributed by atoms with Gasteiger partial charge in [0, 0.05) is 0 Å². The third kappa shape index (κ3) is 8.33. The second kappa shape index (κ2) is 9.09. The second-order valence-corrected chi connectivity index (χ2v) is 9.20. The fourth-order valence-corrected chi connectivity index (χ4v) is 3.88. The molecule has 1 N–H and O–H groups in total. The summed E-state index contributed by atoms with van der Waals surface area (Å²) in [6.07, 6.45) is 0.321. The summed E-state index contributed by atoms with van der Waals surface area (Å²) >= 11 is -1.15. The van der Waals surface area contributed by atoms with E-state index in [9.17, 15) is 9.59 Å². The molecule has 0 spiro atoms. The Kier molecular flexibility index (Phi) is 7.80. The van der Waals surface area contributed by atoms with Gasteiger partial charge in [-0.2, -0.15) is 0 Å². The Labute approximate surface area is 143 Å². The van der Waals surface area contributed by atoms with Crippen LogP contribution in [0.4, 0.5) is 9.59 Å². The summed E-state index contributed by atoms with van der Waals surface area (Å²) < 4.78 is 11.1. The summed E-state index contributed by atoms with van der Waals surface area (Å²) in [7, 11) is 0. The van der Waals surface area contributed by atoms with Crippen LogP contribution in [-0.4, -0.2) is 28.5 Å². The molecule has 1 radical (unpaired) electrons. The molecule has 0 heterocycles. The number of nitrogens with one attached hydrogen (secondary N) is 1. The molecule has 1 amide bonds. The van der Waals surface area contributed by atoms with Gasteiger partial charge in [-0.3, -0.25) is 0 Å². The fraction of sp³-hybridized carbons (Fsp3) is 0.500. The molecule has 0 aliphatic carbocycles. The first-order valence-corrected chi connectivity index (χ1v) is 10.1. The molecule has 22 heavy (non-hydrogen) atoms. The van der Waals surface area contributed by atoms with Crippen molar-refractivity contribution in [2.75, 3.05) is 13.2 Å². The van der Waals surface area contributed by atoms with Crippen molar-refractivity contribution < 1.29 is 42.3 Å². The normalized spacial score (nSPS) is 10.9. The fourth-order valence-electron chi connectivity index (χ4n) is 1.57. The van der Waals surface area contributed by atoms with Gasteiger partial charge < -0.3 is 0 Å². The number of benzene rings is 1. The van der Waals surface area contributed by atoms with Crippen molar-refractivity contribution >= 4 is 13.0 Å². The molecule has 6 heteroatoms. The number of carbonyl (C=O) groups is 2. The number of amides is 1. The van der Waals surface area contributed by atoms with Gasteiger partial charge in [0.05, 0.1) is 0 Å². The van der Waals surface area contributed by atoms with Gasteiger partial charge in [-0.25, -0.2) is 0 Å². The van der Waals surface area contributed by atoms with Crippen molar-refractivity contribution in [1.29, 1.82) is 0 Å². The van der Waals surface area contributed by atoms with E-state index in [1.54, 1.807) is 0 Å². The molecule has 0 saturated carbocycles. The van der Waals surface area contributed by atoms with Crippen molar-refractivity contribution in [3.05, 3.63) is 29.8 Å². The topological polar surface area (TPSA) is 64.6 Å². The molecular weight excluding hydrogens is 480 g/mol. The molecule has 0 bridgehead atoms. The zero-order valence-electron chi connectivity index (χ0n) is 13.4. The van der Waals surface area contributed by atoms with Gasteiger partial charge in [0.2, 0.25) is 0 Å². The van der Waals surface area contributed by atoms with Gasteiger partial charge in [-0.05, 0) is 0 Å². The molecule has 0 aromatic heterocycles. The second-order valence-electron chi connectivity index (χ2n) is 5.57. The van der Waals surface area contributed by atoms with Crippen LogP contribution < -0.4 is 8.59 Å². The number of rotatable bonds is 6. The van der Waals surface area contributed by atoms with Crippen LogP contribution in [0.1, 0.15) is 33.3 Å².